The molecule has 0 aliphatic heterocycles. The summed E-state index contributed by atoms with van der Waals surface area (Å²) in [5, 5.41) is 4.57. The number of methoxy groups -OCH3 is 1. The second kappa shape index (κ2) is 13.0. The van der Waals surface area contributed by atoms with Gasteiger partial charge in [-0.25, -0.2) is 10.4 Å². The van der Waals surface area contributed by atoms with Crippen molar-refractivity contribution in [1.29, 1.82) is 0 Å². The van der Waals surface area contributed by atoms with Crippen molar-refractivity contribution < 1.29 is 14.3 Å². The molecule has 0 fully saturated rings. The zero-order valence-electron chi connectivity index (χ0n) is 21.9. The van der Waals surface area contributed by atoms with E-state index in [1.54, 1.807) is 13.2 Å². The molecule has 2 heterocycles. The summed E-state index contributed by atoms with van der Waals surface area (Å²) in [5.74, 6) is 0.838. The van der Waals surface area contributed by atoms with Crippen LogP contribution in [-0.4, -0.2) is 35.4 Å². The van der Waals surface area contributed by atoms with E-state index in [1.165, 1.54) is 41.3 Å². The molecule has 0 bridgehead atoms. The largest absolute Gasteiger partial charge is 0.493 e. The smallest absolute Gasteiger partial charge is 0.263 e. The highest BCUT2D eigenvalue weighted by molar-refractivity contribution is 7.19. The van der Waals surface area contributed by atoms with Crippen molar-refractivity contribution in [3.05, 3.63) is 75.7 Å². The summed E-state index contributed by atoms with van der Waals surface area (Å²) in [4.78, 5) is 31.9. The molecule has 8 nitrogen and oxygen atoms in total. The summed E-state index contributed by atoms with van der Waals surface area (Å²) in [5.41, 5.74) is 4.78. The monoisotopic (exact) mass is 532 g/mol. The molecule has 0 atom stereocenters. The zero-order chi connectivity index (χ0) is 26.9. The number of carbonyl (C=O) groups excluding carboxylic acids is 1. The fourth-order valence-electron chi connectivity index (χ4n) is 4.17. The molecule has 38 heavy (non-hydrogen) atoms. The predicted molar refractivity (Wildman–Crippen MR) is 152 cm³/mol. The van der Waals surface area contributed by atoms with E-state index in [2.05, 4.69) is 22.4 Å². The topological polar surface area (TPSA) is 94.8 Å². The first kappa shape index (κ1) is 27.1. The molecule has 4 rings (SSSR count). The van der Waals surface area contributed by atoms with E-state index in [4.69, 9.17) is 9.47 Å². The number of unbranched alkanes of at least 4 members (excludes halogenated alkanes) is 3. The van der Waals surface area contributed by atoms with E-state index in [0.717, 1.165) is 34.4 Å². The summed E-state index contributed by atoms with van der Waals surface area (Å²) >= 11 is 1.47. The number of hydrogen-bond acceptors (Lipinski definition) is 7. The van der Waals surface area contributed by atoms with Crippen LogP contribution in [0.5, 0.6) is 11.5 Å². The van der Waals surface area contributed by atoms with Crippen LogP contribution in [0.3, 0.4) is 0 Å². The van der Waals surface area contributed by atoms with E-state index in [-0.39, 0.29) is 12.1 Å². The van der Waals surface area contributed by atoms with Crippen LogP contribution in [-0.2, 0) is 11.3 Å². The molecule has 2 aromatic carbocycles. The molecule has 0 aliphatic rings. The number of aryl methyl sites for hydroxylation is 1. The van der Waals surface area contributed by atoms with Crippen molar-refractivity contribution in [3.8, 4) is 22.6 Å². The van der Waals surface area contributed by atoms with Crippen LogP contribution < -0.4 is 20.5 Å². The third-order valence-electron chi connectivity index (χ3n) is 6.08. The van der Waals surface area contributed by atoms with Crippen molar-refractivity contribution in [2.24, 2.45) is 5.10 Å². The minimum atomic E-state index is -0.434. The molecule has 0 spiro atoms. The average molecular weight is 533 g/mol. The number of rotatable bonds is 12. The number of amides is 1. The molecular weight excluding hydrogens is 500 g/mol. The van der Waals surface area contributed by atoms with Crippen molar-refractivity contribution >= 4 is 33.7 Å². The molecular formula is C29H32N4O4S. The molecule has 0 saturated heterocycles. The number of aromatic nitrogens is 2. The van der Waals surface area contributed by atoms with Gasteiger partial charge in [0.25, 0.3) is 11.5 Å². The number of nitrogens with zero attached hydrogens (tertiary/aromatic N) is 3. The Bertz CT molecular complexity index is 1480. The van der Waals surface area contributed by atoms with Crippen LogP contribution in [0, 0.1) is 6.92 Å². The summed E-state index contributed by atoms with van der Waals surface area (Å²) in [6.07, 6.45) is 7.44. The van der Waals surface area contributed by atoms with Gasteiger partial charge >= 0.3 is 0 Å². The highest BCUT2D eigenvalue weighted by Crippen LogP contribution is 2.35. The molecule has 1 amide bonds. The zero-order valence-corrected chi connectivity index (χ0v) is 22.7. The van der Waals surface area contributed by atoms with Crippen LogP contribution >= 0.6 is 11.3 Å². The third kappa shape index (κ3) is 6.47. The molecule has 9 heteroatoms. The highest BCUT2D eigenvalue weighted by Gasteiger charge is 2.17. The first-order valence-electron chi connectivity index (χ1n) is 12.7. The van der Waals surface area contributed by atoms with Gasteiger partial charge in [0.1, 0.15) is 11.4 Å². The Morgan fingerprint density at radius 2 is 1.95 bits per heavy atom. The van der Waals surface area contributed by atoms with Crippen LogP contribution in [0.25, 0.3) is 21.3 Å². The standard InChI is InChI=1S/C29H32N4O4S/c1-4-5-6-10-15-37-23-14-13-21(16-24(23)36-3)17-31-32-25(34)18-33-19-30-28-27(29(33)35)26(20(2)38-28)22-11-8-7-9-12-22/h7-9,11-14,16-17,19H,4-6,10,15,18H2,1-3H3,(H,32,34). The fraction of sp³-hybridized carbons (Fsp3) is 0.310. The number of benzene rings is 2. The van der Waals surface area contributed by atoms with Crippen LogP contribution in [0.4, 0.5) is 0 Å². The normalized spacial score (nSPS) is 11.2. The van der Waals surface area contributed by atoms with Crippen molar-refractivity contribution in [2.75, 3.05) is 13.7 Å². The first-order valence-corrected chi connectivity index (χ1v) is 13.5. The van der Waals surface area contributed by atoms with Gasteiger partial charge in [0.2, 0.25) is 0 Å². The highest BCUT2D eigenvalue weighted by atomic mass is 32.1. The van der Waals surface area contributed by atoms with Crippen molar-refractivity contribution in [2.45, 2.75) is 46.1 Å². The summed E-state index contributed by atoms with van der Waals surface area (Å²) in [6.45, 7) is 4.59. The summed E-state index contributed by atoms with van der Waals surface area (Å²) < 4.78 is 12.6. The Hall–Kier alpha value is -3.98. The average Bonchev–Trinajstić information content (AvgIpc) is 3.27. The molecule has 1 N–H and O–H groups in total. The van der Waals surface area contributed by atoms with Gasteiger partial charge in [-0.15, -0.1) is 11.3 Å². The van der Waals surface area contributed by atoms with E-state index in [1.807, 2.05) is 49.4 Å². The Morgan fingerprint density at radius 1 is 1.13 bits per heavy atom. The number of ether oxygens (including phenoxy) is 2. The molecule has 0 radical (unpaired) electrons. The molecule has 0 saturated carbocycles. The number of thiophene rings is 1. The number of nitrogens with one attached hydrogen (secondary N) is 1. The van der Waals surface area contributed by atoms with Gasteiger partial charge in [0, 0.05) is 10.4 Å². The second-order valence-corrected chi connectivity index (χ2v) is 10.1. The van der Waals surface area contributed by atoms with Gasteiger partial charge in [-0.2, -0.15) is 5.10 Å². The van der Waals surface area contributed by atoms with Crippen molar-refractivity contribution in [1.82, 2.24) is 15.0 Å². The van der Waals surface area contributed by atoms with Crippen LogP contribution in [0.15, 0.2) is 64.8 Å². The maximum absolute atomic E-state index is 13.3. The number of fused-ring (bicyclic) bond motifs is 1. The molecule has 0 unspecified atom stereocenters. The molecule has 0 aliphatic carbocycles. The fourth-order valence-corrected chi connectivity index (χ4v) is 5.17. The molecule has 2 aromatic heterocycles. The van der Waals surface area contributed by atoms with Gasteiger partial charge in [-0.05, 0) is 42.7 Å². The van der Waals surface area contributed by atoms with Gasteiger partial charge in [-0.3, -0.25) is 14.2 Å². The summed E-state index contributed by atoms with van der Waals surface area (Å²) in [7, 11) is 1.59. The number of carbonyl (C=O) groups is 1. The molecule has 4 aromatic rings. The van der Waals surface area contributed by atoms with Gasteiger partial charge in [0.15, 0.2) is 11.5 Å². The Morgan fingerprint density at radius 3 is 2.71 bits per heavy atom. The van der Waals surface area contributed by atoms with Crippen molar-refractivity contribution in [3.63, 3.8) is 0 Å². The third-order valence-corrected chi connectivity index (χ3v) is 7.09. The van der Waals surface area contributed by atoms with Gasteiger partial charge < -0.3 is 9.47 Å². The Balaban J connectivity index is 1.41. The lowest BCUT2D eigenvalue weighted by Crippen LogP contribution is -2.30. The minimum absolute atomic E-state index is 0.198. The molecule has 198 valence electrons. The Kier molecular flexibility index (Phi) is 9.26. The minimum Gasteiger partial charge on any atom is -0.493 e. The quantitative estimate of drug-likeness (QED) is 0.147. The van der Waals surface area contributed by atoms with E-state index < -0.39 is 5.91 Å². The summed E-state index contributed by atoms with van der Waals surface area (Å²) in [6, 6.07) is 15.2. The van der Waals surface area contributed by atoms with E-state index in [9.17, 15) is 9.59 Å². The predicted octanol–water partition coefficient (Wildman–Crippen LogP) is 5.55. The maximum Gasteiger partial charge on any atom is 0.263 e. The lowest BCUT2D eigenvalue weighted by atomic mass is 10.0. The van der Waals surface area contributed by atoms with E-state index >= 15 is 0 Å². The number of hydrazone groups is 1. The van der Waals surface area contributed by atoms with Crippen LogP contribution in [0.2, 0.25) is 0 Å². The maximum atomic E-state index is 13.3. The van der Waals surface area contributed by atoms with Gasteiger partial charge in [0.05, 0.1) is 31.6 Å². The second-order valence-electron chi connectivity index (χ2n) is 8.87. The Labute approximate surface area is 225 Å². The van der Waals surface area contributed by atoms with E-state index in [0.29, 0.717) is 28.3 Å². The SMILES string of the molecule is CCCCCCOc1ccc(C=NNC(=O)Cn2cnc3sc(C)c(-c4ccccc4)c3c2=O)cc1OC. The lowest BCUT2D eigenvalue weighted by Gasteiger charge is -2.11. The number of hydrogen-bond donors (Lipinski definition) is 1. The van der Waals surface area contributed by atoms with Gasteiger partial charge in [-0.1, -0.05) is 56.5 Å². The lowest BCUT2D eigenvalue weighted by molar-refractivity contribution is -0.121. The van der Waals surface area contributed by atoms with Crippen LogP contribution in [0.1, 0.15) is 43.0 Å². The first-order chi connectivity index (χ1) is 18.5.